The number of ether oxygens (including phenoxy) is 1. The van der Waals surface area contributed by atoms with Gasteiger partial charge < -0.3 is 4.74 Å². The summed E-state index contributed by atoms with van der Waals surface area (Å²) < 4.78 is 7.62. The van der Waals surface area contributed by atoms with Crippen LogP contribution in [0.2, 0.25) is 0 Å². The van der Waals surface area contributed by atoms with Gasteiger partial charge in [0.1, 0.15) is 5.75 Å². The molecule has 21 heavy (non-hydrogen) atoms. The number of aromatic nitrogens is 1. The van der Waals surface area contributed by atoms with Crippen molar-refractivity contribution in [3.63, 3.8) is 0 Å². The van der Waals surface area contributed by atoms with Crippen LogP contribution in [-0.2, 0) is 4.79 Å². The van der Waals surface area contributed by atoms with Crippen molar-refractivity contribution < 1.29 is 9.53 Å². The van der Waals surface area contributed by atoms with Crippen molar-refractivity contribution in [1.29, 1.82) is 0 Å². The molecule has 1 N–H and O–H groups in total. The van der Waals surface area contributed by atoms with Gasteiger partial charge in [-0.05, 0) is 64.4 Å². The maximum absolute atomic E-state index is 12.5. The molecule has 2 aromatic rings. The first kappa shape index (κ1) is 15.2. The summed E-state index contributed by atoms with van der Waals surface area (Å²) in [6, 6.07) is 11.6. The highest BCUT2D eigenvalue weighted by atomic mass is 16.5. The molecule has 0 saturated heterocycles. The van der Waals surface area contributed by atoms with E-state index in [-0.39, 0.29) is 5.91 Å². The molecule has 0 saturated carbocycles. The maximum atomic E-state index is 12.5. The molecule has 0 unspecified atom stereocenters. The Morgan fingerprint density at radius 1 is 1.10 bits per heavy atom. The van der Waals surface area contributed by atoms with E-state index in [0.29, 0.717) is 5.75 Å². The quantitative estimate of drug-likeness (QED) is 0.936. The average molecular weight is 286 g/mol. The van der Waals surface area contributed by atoms with E-state index >= 15 is 0 Å². The SMILES string of the molecule is Cc1cccc(OC(C)(C)C(=O)Nn2c(C)ccc2C)c1. The second-order valence-corrected chi connectivity index (χ2v) is 5.82. The van der Waals surface area contributed by atoms with Gasteiger partial charge in [-0.25, -0.2) is 0 Å². The minimum absolute atomic E-state index is 0.189. The molecule has 0 spiro atoms. The van der Waals surface area contributed by atoms with Crippen LogP contribution in [0.25, 0.3) is 0 Å². The number of hydrogen-bond acceptors (Lipinski definition) is 2. The summed E-state index contributed by atoms with van der Waals surface area (Å²) in [6.45, 7) is 9.41. The first-order valence-corrected chi connectivity index (χ1v) is 7.02. The second kappa shape index (κ2) is 5.64. The lowest BCUT2D eigenvalue weighted by Gasteiger charge is -2.26. The van der Waals surface area contributed by atoms with Crippen LogP contribution in [-0.4, -0.2) is 16.2 Å². The van der Waals surface area contributed by atoms with Crippen LogP contribution in [0.1, 0.15) is 30.8 Å². The van der Waals surface area contributed by atoms with Gasteiger partial charge in [0.05, 0.1) is 0 Å². The molecule has 0 radical (unpaired) electrons. The minimum Gasteiger partial charge on any atom is -0.478 e. The summed E-state index contributed by atoms with van der Waals surface area (Å²) in [4.78, 5) is 12.5. The number of benzene rings is 1. The van der Waals surface area contributed by atoms with Crippen molar-refractivity contribution in [2.24, 2.45) is 0 Å². The van der Waals surface area contributed by atoms with Crippen LogP contribution in [0.5, 0.6) is 5.75 Å². The molecular formula is C17H22N2O2. The fraction of sp³-hybridized carbons (Fsp3) is 0.353. The molecule has 0 aliphatic carbocycles. The van der Waals surface area contributed by atoms with Gasteiger partial charge in [0.25, 0.3) is 5.91 Å². The van der Waals surface area contributed by atoms with Gasteiger partial charge in [-0.2, -0.15) is 0 Å². The number of amides is 1. The Bertz CT molecular complexity index is 637. The molecule has 1 heterocycles. The smallest absolute Gasteiger partial charge is 0.282 e. The third kappa shape index (κ3) is 3.45. The maximum Gasteiger partial charge on any atom is 0.282 e. The Labute approximate surface area is 125 Å². The molecule has 0 aliphatic heterocycles. The third-order valence-electron chi connectivity index (χ3n) is 3.39. The van der Waals surface area contributed by atoms with Gasteiger partial charge in [0.2, 0.25) is 0 Å². The molecule has 1 aromatic heterocycles. The summed E-state index contributed by atoms with van der Waals surface area (Å²) in [6.07, 6.45) is 0. The van der Waals surface area contributed by atoms with Crippen molar-refractivity contribution in [3.8, 4) is 5.75 Å². The molecule has 0 fully saturated rings. The number of nitrogens with zero attached hydrogens (tertiary/aromatic N) is 1. The van der Waals surface area contributed by atoms with Crippen molar-refractivity contribution >= 4 is 5.91 Å². The highest BCUT2D eigenvalue weighted by Crippen LogP contribution is 2.20. The Hall–Kier alpha value is -2.23. The van der Waals surface area contributed by atoms with Crippen molar-refractivity contribution in [1.82, 2.24) is 4.68 Å². The molecule has 0 atom stereocenters. The first-order valence-electron chi connectivity index (χ1n) is 7.02. The number of rotatable bonds is 4. The molecule has 1 aromatic carbocycles. The van der Waals surface area contributed by atoms with E-state index in [1.807, 2.05) is 57.2 Å². The second-order valence-electron chi connectivity index (χ2n) is 5.82. The fourth-order valence-corrected chi connectivity index (χ4v) is 2.10. The zero-order chi connectivity index (χ0) is 15.6. The van der Waals surface area contributed by atoms with Crippen LogP contribution in [0.15, 0.2) is 36.4 Å². The molecule has 4 nitrogen and oxygen atoms in total. The monoisotopic (exact) mass is 286 g/mol. The Morgan fingerprint density at radius 3 is 2.29 bits per heavy atom. The highest BCUT2D eigenvalue weighted by Gasteiger charge is 2.30. The van der Waals surface area contributed by atoms with E-state index in [9.17, 15) is 4.79 Å². The Morgan fingerprint density at radius 2 is 1.71 bits per heavy atom. The lowest BCUT2D eigenvalue weighted by molar-refractivity contribution is -0.129. The highest BCUT2D eigenvalue weighted by molar-refractivity contribution is 5.91. The van der Waals surface area contributed by atoms with E-state index in [0.717, 1.165) is 17.0 Å². The van der Waals surface area contributed by atoms with Crippen LogP contribution >= 0.6 is 0 Å². The van der Waals surface area contributed by atoms with Gasteiger partial charge in [0.15, 0.2) is 5.60 Å². The van der Waals surface area contributed by atoms with Gasteiger partial charge in [0, 0.05) is 11.4 Å². The topological polar surface area (TPSA) is 43.3 Å². The van der Waals surface area contributed by atoms with E-state index in [2.05, 4.69) is 5.43 Å². The molecule has 4 heteroatoms. The van der Waals surface area contributed by atoms with Crippen LogP contribution in [0.3, 0.4) is 0 Å². The van der Waals surface area contributed by atoms with Crippen molar-refractivity contribution in [2.45, 2.75) is 40.2 Å². The lowest BCUT2D eigenvalue weighted by atomic mass is 10.1. The van der Waals surface area contributed by atoms with E-state index in [1.165, 1.54) is 0 Å². The van der Waals surface area contributed by atoms with E-state index < -0.39 is 5.60 Å². The number of hydrogen-bond donors (Lipinski definition) is 1. The predicted molar refractivity (Wildman–Crippen MR) is 84.2 cm³/mol. The molecule has 0 aliphatic rings. The zero-order valence-electron chi connectivity index (χ0n) is 13.2. The van der Waals surface area contributed by atoms with E-state index in [4.69, 9.17) is 4.74 Å². The van der Waals surface area contributed by atoms with Crippen LogP contribution < -0.4 is 10.2 Å². The minimum atomic E-state index is -0.961. The lowest BCUT2D eigenvalue weighted by Crippen LogP contribution is -2.45. The first-order chi connectivity index (χ1) is 9.79. The number of aryl methyl sites for hydroxylation is 3. The largest absolute Gasteiger partial charge is 0.478 e. The Kier molecular flexibility index (Phi) is 4.07. The summed E-state index contributed by atoms with van der Waals surface area (Å²) in [5.41, 5.74) is 4.98. The van der Waals surface area contributed by atoms with Gasteiger partial charge in [-0.3, -0.25) is 14.9 Å². The van der Waals surface area contributed by atoms with Gasteiger partial charge in [-0.1, -0.05) is 12.1 Å². The number of carbonyl (C=O) groups is 1. The summed E-state index contributed by atoms with van der Waals surface area (Å²) >= 11 is 0. The molecular weight excluding hydrogens is 264 g/mol. The standard InChI is InChI=1S/C17H22N2O2/c1-12-7-6-8-15(11-12)21-17(4,5)16(20)18-19-13(2)9-10-14(19)3/h6-11H,1-5H3,(H,18,20). The van der Waals surface area contributed by atoms with Gasteiger partial charge >= 0.3 is 0 Å². The molecule has 2 rings (SSSR count). The normalized spacial score (nSPS) is 11.3. The molecule has 1 amide bonds. The van der Waals surface area contributed by atoms with Crippen molar-refractivity contribution in [2.75, 3.05) is 5.43 Å². The molecule has 0 bridgehead atoms. The molecule has 112 valence electrons. The number of carbonyl (C=O) groups excluding carboxylic acids is 1. The van der Waals surface area contributed by atoms with Crippen LogP contribution in [0, 0.1) is 20.8 Å². The number of nitrogens with one attached hydrogen (secondary N) is 1. The third-order valence-corrected chi connectivity index (χ3v) is 3.39. The van der Waals surface area contributed by atoms with Crippen LogP contribution in [0.4, 0.5) is 0 Å². The Balaban J connectivity index is 2.13. The van der Waals surface area contributed by atoms with Crippen molar-refractivity contribution in [3.05, 3.63) is 53.3 Å². The fourth-order valence-electron chi connectivity index (χ4n) is 2.10. The summed E-state index contributed by atoms with van der Waals surface area (Å²) in [7, 11) is 0. The average Bonchev–Trinajstić information content (AvgIpc) is 2.70. The summed E-state index contributed by atoms with van der Waals surface area (Å²) in [5, 5.41) is 0. The van der Waals surface area contributed by atoms with E-state index in [1.54, 1.807) is 18.5 Å². The van der Waals surface area contributed by atoms with Gasteiger partial charge in [-0.15, -0.1) is 0 Å². The zero-order valence-corrected chi connectivity index (χ0v) is 13.2. The summed E-state index contributed by atoms with van der Waals surface area (Å²) in [5.74, 6) is 0.502. The predicted octanol–water partition coefficient (Wildman–Crippen LogP) is 3.34.